The summed E-state index contributed by atoms with van der Waals surface area (Å²) in [5.41, 5.74) is 0. The molecule has 0 aliphatic heterocycles. The van der Waals surface area contributed by atoms with Crippen molar-refractivity contribution in [3.8, 4) is 0 Å². The second-order valence-electron chi connectivity index (χ2n) is 8.47. The Morgan fingerprint density at radius 2 is 1.35 bits per heavy atom. The van der Waals surface area contributed by atoms with E-state index < -0.39 is 0 Å². The van der Waals surface area contributed by atoms with E-state index in [4.69, 9.17) is 0 Å². The average Bonchev–Trinajstić information content (AvgIpc) is 2.53. The van der Waals surface area contributed by atoms with Gasteiger partial charge < -0.3 is 5.32 Å². The summed E-state index contributed by atoms with van der Waals surface area (Å²) in [4.78, 5) is 0. The standard InChI is InChI=1S/C22H47N/c1-9-14-22(10-2)21(8)20(7)19(6)18(5)15-12-11-13-16-23-17(3)4/h17-23H,9-16H2,1-8H3/t18?,19-,20?,21?,22?/m0/s1. The van der Waals surface area contributed by atoms with E-state index in [-0.39, 0.29) is 0 Å². The number of unbranched alkanes of at least 4 members (excludes halogenated alkanes) is 2. The molecule has 0 bridgehead atoms. The lowest BCUT2D eigenvalue weighted by Crippen LogP contribution is -2.27. The van der Waals surface area contributed by atoms with Crippen LogP contribution in [0.2, 0.25) is 0 Å². The molecule has 0 aromatic rings. The fourth-order valence-corrected chi connectivity index (χ4v) is 4.06. The van der Waals surface area contributed by atoms with Crippen molar-refractivity contribution >= 4 is 0 Å². The van der Waals surface area contributed by atoms with E-state index in [0.29, 0.717) is 6.04 Å². The van der Waals surface area contributed by atoms with Crippen molar-refractivity contribution in [2.45, 2.75) is 106 Å². The second kappa shape index (κ2) is 13.3. The van der Waals surface area contributed by atoms with Crippen LogP contribution in [0.3, 0.4) is 0 Å². The van der Waals surface area contributed by atoms with Crippen LogP contribution in [-0.2, 0) is 0 Å². The highest BCUT2D eigenvalue weighted by Crippen LogP contribution is 2.36. The Morgan fingerprint density at radius 1 is 0.696 bits per heavy atom. The molecule has 1 N–H and O–H groups in total. The SMILES string of the molecule is CCCC(CC)C(C)C(C)[C@@H](C)C(C)CCCCCNC(C)C. The van der Waals surface area contributed by atoms with Crippen molar-refractivity contribution in [1.29, 1.82) is 0 Å². The molecule has 0 heterocycles. The van der Waals surface area contributed by atoms with Crippen molar-refractivity contribution in [3.05, 3.63) is 0 Å². The predicted molar refractivity (Wildman–Crippen MR) is 107 cm³/mol. The summed E-state index contributed by atoms with van der Waals surface area (Å²) in [7, 11) is 0. The number of hydrogen-bond acceptors (Lipinski definition) is 1. The maximum absolute atomic E-state index is 3.52. The highest BCUT2D eigenvalue weighted by Gasteiger charge is 2.27. The quantitative estimate of drug-likeness (QED) is 0.342. The van der Waals surface area contributed by atoms with Gasteiger partial charge >= 0.3 is 0 Å². The third kappa shape index (κ3) is 9.75. The van der Waals surface area contributed by atoms with E-state index in [1.54, 1.807) is 0 Å². The Morgan fingerprint density at radius 3 is 1.87 bits per heavy atom. The van der Waals surface area contributed by atoms with Gasteiger partial charge in [0.05, 0.1) is 0 Å². The highest BCUT2D eigenvalue weighted by molar-refractivity contribution is 4.77. The van der Waals surface area contributed by atoms with Gasteiger partial charge in [0.15, 0.2) is 0 Å². The Kier molecular flexibility index (Phi) is 13.3. The van der Waals surface area contributed by atoms with Crippen LogP contribution in [0.25, 0.3) is 0 Å². The molecule has 0 amide bonds. The van der Waals surface area contributed by atoms with Gasteiger partial charge in [0.2, 0.25) is 0 Å². The van der Waals surface area contributed by atoms with E-state index in [1.807, 2.05) is 0 Å². The average molecular weight is 326 g/mol. The molecule has 140 valence electrons. The molecule has 0 saturated heterocycles. The third-order valence-electron chi connectivity index (χ3n) is 6.37. The van der Waals surface area contributed by atoms with Gasteiger partial charge in [0.1, 0.15) is 0 Å². The van der Waals surface area contributed by atoms with Crippen LogP contribution in [0.4, 0.5) is 0 Å². The predicted octanol–water partition coefficient (Wildman–Crippen LogP) is 6.92. The van der Waals surface area contributed by atoms with E-state index in [2.05, 4.69) is 60.7 Å². The summed E-state index contributed by atoms with van der Waals surface area (Å²) in [6.07, 6.45) is 9.62. The Hall–Kier alpha value is -0.0400. The Labute approximate surface area is 148 Å². The zero-order valence-corrected chi connectivity index (χ0v) is 17.6. The highest BCUT2D eigenvalue weighted by atomic mass is 14.9. The maximum atomic E-state index is 3.52. The van der Waals surface area contributed by atoms with Crippen LogP contribution in [0.1, 0.15) is 100 Å². The van der Waals surface area contributed by atoms with Crippen molar-refractivity contribution in [3.63, 3.8) is 0 Å². The molecule has 0 rings (SSSR count). The van der Waals surface area contributed by atoms with Gasteiger partial charge in [-0.1, -0.05) is 93.9 Å². The third-order valence-corrected chi connectivity index (χ3v) is 6.37. The molecular formula is C22H47N. The van der Waals surface area contributed by atoms with Gasteiger partial charge in [0.25, 0.3) is 0 Å². The second-order valence-corrected chi connectivity index (χ2v) is 8.47. The van der Waals surface area contributed by atoms with Crippen molar-refractivity contribution in [2.75, 3.05) is 6.54 Å². The lowest BCUT2D eigenvalue weighted by Gasteiger charge is -2.35. The number of nitrogens with one attached hydrogen (secondary N) is 1. The molecule has 0 aliphatic carbocycles. The van der Waals surface area contributed by atoms with Gasteiger partial charge in [-0.2, -0.15) is 0 Å². The minimum absolute atomic E-state index is 0.630. The fraction of sp³-hybridized carbons (Fsp3) is 1.00. The number of hydrogen-bond donors (Lipinski definition) is 1. The van der Waals surface area contributed by atoms with Crippen LogP contribution in [-0.4, -0.2) is 12.6 Å². The molecule has 4 unspecified atom stereocenters. The fourth-order valence-electron chi connectivity index (χ4n) is 4.06. The first-order valence-electron chi connectivity index (χ1n) is 10.6. The molecule has 5 atom stereocenters. The van der Waals surface area contributed by atoms with Crippen LogP contribution >= 0.6 is 0 Å². The van der Waals surface area contributed by atoms with Crippen LogP contribution in [0, 0.1) is 29.6 Å². The minimum Gasteiger partial charge on any atom is -0.315 e. The van der Waals surface area contributed by atoms with Gasteiger partial charge in [0, 0.05) is 6.04 Å². The van der Waals surface area contributed by atoms with Gasteiger partial charge in [-0.25, -0.2) is 0 Å². The topological polar surface area (TPSA) is 12.0 Å². The molecule has 0 saturated carbocycles. The maximum Gasteiger partial charge on any atom is 0.00103 e. The lowest BCUT2D eigenvalue weighted by atomic mass is 9.71. The Bertz CT molecular complexity index is 261. The van der Waals surface area contributed by atoms with Crippen molar-refractivity contribution < 1.29 is 0 Å². The first-order valence-corrected chi connectivity index (χ1v) is 10.6. The van der Waals surface area contributed by atoms with Gasteiger partial charge in [-0.3, -0.25) is 0 Å². The van der Waals surface area contributed by atoms with E-state index in [9.17, 15) is 0 Å². The number of rotatable bonds is 14. The van der Waals surface area contributed by atoms with E-state index in [1.165, 1.54) is 51.5 Å². The van der Waals surface area contributed by atoms with E-state index in [0.717, 1.165) is 29.6 Å². The summed E-state index contributed by atoms with van der Waals surface area (Å²) >= 11 is 0. The molecule has 1 heteroatoms. The monoisotopic (exact) mass is 325 g/mol. The molecule has 0 spiro atoms. The molecule has 0 radical (unpaired) electrons. The molecular weight excluding hydrogens is 278 g/mol. The Balaban J connectivity index is 4.08. The van der Waals surface area contributed by atoms with Gasteiger partial charge in [-0.15, -0.1) is 0 Å². The molecule has 0 aromatic heterocycles. The summed E-state index contributed by atoms with van der Waals surface area (Å²) in [6, 6.07) is 0.630. The minimum atomic E-state index is 0.630. The smallest absolute Gasteiger partial charge is 0.00103 e. The van der Waals surface area contributed by atoms with Crippen molar-refractivity contribution in [2.24, 2.45) is 29.6 Å². The zero-order chi connectivity index (χ0) is 17.8. The first-order chi connectivity index (χ1) is 10.8. The normalized spacial score (nSPS) is 18.7. The molecule has 0 fully saturated rings. The summed E-state index contributed by atoms with van der Waals surface area (Å²) in [5, 5.41) is 3.52. The summed E-state index contributed by atoms with van der Waals surface area (Å²) in [6.45, 7) is 20.4. The van der Waals surface area contributed by atoms with Crippen LogP contribution in [0.5, 0.6) is 0 Å². The van der Waals surface area contributed by atoms with Crippen LogP contribution < -0.4 is 5.32 Å². The first kappa shape index (κ1) is 23.0. The summed E-state index contributed by atoms with van der Waals surface area (Å²) < 4.78 is 0. The lowest BCUT2D eigenvalue weighted by molar-refractivity contribution is 0.147. The zero-order valence-electron chi connectivity index (χ0n) is 17.6. The summed E-state index contributed by atoms with van der Waals surface area (Å²) in [5.74, 6) is 4.36. The molecule has 23 heavy (non-hydrogen) atoms. The van der Waals surface area contributed by atoms with E-state index >= 15 is 0 Å². The molecule has 1 nitrogen and oxygen atoms in total. The molecule has 0 aromatic carbocycles. The van der Waals surface area contributed by atoms with Gasteiger partial charge in [-0.05, 0) is 42.6 Å². The van der Waals surface area contributed by atoms with Crippen molar-refractivity contribution in [1.82, 2.24) is 5.32 Å². The molecule has 0 aliphatic rings. The largest absolute Gasteiger partial charge is 0.315 e. The van der Waals surface area contributed by atoms with Crippen LogP contribution in [0.15, 0.2) is 0 Å².